The molecule has 0 aliphatic heterocycles. The number of hydrogen-bond donors (Lipinski definition) is 3. The molecule has 256 valence electrons. The maximum absolute atomic E-state index is 14.0. The van der Waals surface area contributed by atoms with E-state index in [1.165, 1.54) is 12.1 Å². The number of nitrogens with one attached hydrogen (secondary N) is 2. The van der Waals surface area contributed by atoms with Gasteiger partial charge in [-0.15, -0.1) is 0 Å². The largest absolute Gasteiger partial charge is 0.506 e. The third-order valence-electron chi connectivity index (χ3n) is 8.82. The van der Waals surface area contributed by atoms with Gasteiger partial charge in [0.1, 0.15) is 17.9 Å². The number of nitrogens with zero attached hydrogens (tertiary/aromatic N) is 2. The molecule has 1 heterocycles. The second-order valence-corrected chi connectivity index (χ2v) is 13.1. The Labute approximate surface area is 282 Å². The van der Waals surface area contributed by atoms with E-state index in [4.69, 9.17) is 4.74 Å². The Morgan fingerprint density at radius 3 is 2.50 bits per heavy atom. The van der Waals surface area contributed by atoms with Crippen LogP contribution in [0.2, 0.25) is 0 Å². The number of aromatic hydroxyl groups is 1. The van der Waals surface area contributed by atoms with Crippen LogP contribution >= 0.6 is 11.3 Å². The van der Waals surface area contributed by atoms with E-state index in [1.54, 1.807) is 17.0 Å². The molecule has 1 saturated carbocycles. The number of fused-ring (bicyclic) bond motifs is 1. The van der Waals surface area contributed by atoms with E-state index in [-0.39, 0.29) is 54.3 Å². The van der Waals surface area contributed by atoms with Gasteiger partial charge in [-0.1, -0.05) is 79.1 Å². The van der Waals surface area contributed by atoms with E-state index >= 15 is 0 Å². The Hall–Kier alpha value is -4.29. The number of rotatable bonds is 15. The van der Waals surface area contributed by atoms with Crippen molar-refractivity contribution in [3.63, 3.8) is 0 Å². The maximum Gasteiger partial charge on any atom is 0.410 e. The fourth-order valence-corrected chi connectivity index (χ4v) is 7.09. The standard InChI is InChI=1S/C36H42F2N4O5S/c37-29-13-7-10-26(32(29)38)16-19-39-20-17-31(44)42(28-11-5-2-6-12-28)23-22-41(36(46)47-24-25-8-3-1-4-9-25)21-18-27-14-15-30(43)33-34(27)48-35(45)40-33/h1,3-4,7-10,13-15,28,39,43H,2,5-6,11-12,16-24H2,(H,40,45). The van der Waals surface area contributed by atoms with Crippen molar-refractivity contribution >= 4 is 33.6 Å². The number of carbonyl (C=O) groups is 2. The van der Waals surface area contributed by atoms with Gasteiger partial charge in [-0.2, -0.15) is 0 Å². The first kappa shape index (κ1) is 35.0. The molecule has 1 aromatic heterocycles. The lowest BCUT2D eigenvalue weighted by atomic mass is 9.94. The van der Waals surface area contributed by atoms with Gasteiger partial charge in [0.15, 0.2) is 11.6 Å². The highest BCUT2D eigenvalue weighted by Crippen LogP contribution is 2.28. The third-order valence-corrected chi connectivity index (χ3v) is 9.78. The number of H-pyrrole nitrogens is 1. The van der Waals surface area contributed by atoms with Crippen molar-refractivity contribution in [2.45, 2.75) is 64.0 Å². The number of amides is 2. The van der Waals surface area contributed by atoms with Crippen molar-refractivity contribution in [2.75, 3.05) is 32.7 Å². The Morgan fingerprint density at radius 1 is 0.917 bits per heavy atom. The number of halogens is 2. The Balaban J connectivity index is 1.23. The molecule has 4 aromatic rings. The van der Waals surface area contributed by atoms with Gasteiger partial charge in [-0.3, -0.25) is 9.59 Å². The first-order chi connectivity index (χ1) is 23.3. The van der Waals surface area contributed by atoms with Gasteiger partial charge in [0, 0.05) is 38.6 Å². The van der Waals surface area contributed by atoms with Gasteiger partial charge < -0.3 is 29.9 Å². The molecule has 0 bridgehead atoms. The van der Waals surface area contributed by atoms with E-state index in [9.17, 15) is 28.3 Å². The number of aromatic nitrogens is 1. The van der Waals surface area contributed by atoms with Crippen LogP contribution in [-0.4, -0.2) is 70.7 Å². The minimum absolute atomic E-state index is 0.0107. The Bertz CT molecular complexity index is 1720. The first-order valence-electron chi connectivity index (χ1n) is 16.5. The highest BCUT2D eigenvalue weighted by molar-refractivity contribution is 7.16. The number of phenolic OH excluding ortho intramolecular Hbond substituents is 1. The van der Waals surface area contributed by atoms with E-state index in [1.807, 2.05) is 35.2 Å². The molecule has 9 nitrogen and oxygen atoms in total. The average Bonchev–Trinajstić information content (AvgIpc) is 3.51. The molecule has 12 heteroatoms. The SMILES string of the molecule is O=C(OCc1ccccc1)N(CCc1ccc(O)c2[nH]c(=O)sc12)CCN(C(=O)CCNCCc1cccc(F)c1F)C1CCCCC1. The lowest BCUT2D eigenvalue weighted by Crippen LogP contribution is -2.47. The molecule has 0 saturated heterocycles. The van der Waals surface area contributed by atoms with Crippen LogP contribution < -0.4 is 10.2 Å². The van der Waals surface area contributed by atoms with Crippen LogP contribution in [0.15, 0.2) is 65.5 Å². The Morgan fingerprint density at radius 2 is 1.71 bits per heavy atom. The summed E-state index contributed by atoms with van der Waals surface area (Å²) in [4.78, 5) is 45.0. The summed E-state index contributed by atoms with van der Waals surface area (Å²) in [5, 5.41) is 13.4. The fraction of sp³-hybridized carbons (Fsp3) is 0.417. The molecule has 3 N–H and O–H groups in total. The van der Waals surface area contributed by atoms with Crippen LogP contribution in [0.1, 0.15) is 55.2 Å². The highest BCUT2D eigenvalue weighted by atomic mass is 32.1. The number of carbonyl (C=O) groups excluding carboxylic acids is 2. The summed E-state index contributed by atoms with van der Waals surface area (Å²) in [5.74, 6) is -1.75. The van der Waals surface area contributed by atoms with Crippen molar-refractivity contribution in [3.8, 4) is 5.75 Å². The van der Waals surface area contributed by atoms with Gasteiger partial charge >= 0.3 is 11.0 Å². The minimum Gasteiger partial charge on any atom is -0.506 e. The minimum atomic E-state index is -0.873. The van der Waals surface area contributed by atoms with Crippen LogP contribution in [-0.2, 0) is 29.0 Å². The quantitative estimate of drug-likeness (QED) is 0.130. The molecule has 0 atom stereocenters. The van der Waals surface area contributed by atoms with Crippen molar-refractivity contribution in [3.05, 3.63) is 98.7 Å². The zero-order valence-electron chi connectivity index (χ0n) is 26.9. The van der Waals surface area contributed by atoms with Crippen molar-refractivity contribution in [2.24, 2.45) is 0 Å². The molecule has 1 aliphatic carbocycles. The second-order valence-electron chi connectivity index (χ2n) is 12.1. The van der Waals surface area contributed by atoms with Crippen LogP contribution in [0.25, 0.3) is 10.2 Å². The summed E-state index contributed by atoms with van der Waals surface area (Å²) in [7, 11) is 0. The predicted molar refractivity (Wildman–Crippen MR) is 182 cm³/mol. The van der Waals surface area contributed by atoms with Gasteiger partial charge in [0.05, 0.1) is 4.70 Å². The summed E-state index contributed by atoms with van der Waals surface area (Å²) in [6.45, 7) is 1.77. The van der Waals surface area contributed by atoms with Gasteiger partial charge in [-0.05, 0) is 61.1 Å². The number of thiazole rings is 1. The molecule has 5 rings (SSSR count). The van der Waals surface area contributed by atoms with Crippen LogP contribution in [0.4, 0.5) is 13.6 Å². The van der Waals surface area contributed by atoms with Gasteiger partial charge in [0.2, 0.25) is 5.91 Å². The summed E-state index contributed by atoms with van der Waals surface area (Å²) in [6, 6.07) is 16.9. The number of phenols is 1. The number of aromatic amines is 1. The highest BCUT2D eigenvalue weighted by Gasteiger charge is 2.27. The summed E-state index contributed by atoms with van der Waals surface area (Å²) >= 11 is 1.01. The first-order valence-corrected chi connectivity index (χ1v) is 17.3. The molecule has 2 amide bonds. The van der Waals surface area contributed by atoms with E-state index < -0.39 is 17.7 Å². The monoisotopic (exact) mass is 680 g/mol. The molecule has 3 aromatic carbocycles. The molecule has 0 spiro atoms. The normalized spacial score (nSPS) is 13.5. The van der Waals surface area contributed by atoms with E-state index in [0.29, 0.717) is 42.7 Å². The van der Waals surface area contributed by atoms with E-state index in [0.717, 1.165) is 60.6 Å². The number of benzene rings is 3. The van der Waals surface area contributed by atoms with Crippen LogP contribution in [0, 0.1) is 11.6 Å². The average molecular weight is 681 g/mol. The van der Waals surface area contributed by atoms with Crippen molar-refractivity contribution in [1.29, 1.82) is 0 Å². The second kappa shape index (κ2) is 17.2. The van der Waals surface area contributed by atoms with Crippen LogP contribution in [0.5, 0.6) is 5.75 Å². The maximum atomic E-state index is 14.0. The van der Waals surface area contributed by atoms with Gasteiger partial charge in [-0.25, -0.2) is 13.6 Å². The third kappa shape index (κ3) is 9.41. The topological polar surface area (TPSA) is 115 Å². The molecular weight excluding hydrogens is 638 g/mol. The fourth-order valence-electron chi connectivity index (χ4n) is 6.19. The van der Waals surface area contributed by atoms with E-state index in [2.05, 4.69) is 10.3 Å². The summed E-state index contributed by atoms with van der Waals surface area (Å²) in [5.41, 5.74) is 2.34. The summed E-state index contributed by atoms with van der Waals surface area (Å²) < 4.78 is 33.9. The molecular formula is C36H42F2N4O5S. The molecule has 0 unspecified atom stereocenters. The number of hydrogen-bond acceptors (Lipinski definition) is 7. The summed E-state index contributed by atoms with van der Waals surface area (Å²) in [6.07, 6.45) is 5.44. The zero-order chi connectivity index (χ0) is 33.9. The van der Waals surface area contributed by atoms with Crippen molar-refractivity contribution in [1.82, 2.24) is 20.1 Å². The predicted octanol–water partition coefficient (Wildman–Crippen LogP) is 6.14. The Kier molecular flexibility index (Phi) is 12.6. The van der Waals surface area contributed by atoms with Crippen LogP contribution in [0.3, 0.4) is 0 Å². The smallest absolute Gasteiger partial charge is 0.410 e. The lowest BCUT2D eigenvalue weighted by molar-refractivity contribution is -0.134. The molecule has 48 heavy (non-hydrogen) atoms. The lowest BCUT2D eigenvalue weighted by Gasteiger charge is -2.36. The molecule has 1 fully saturated rings. The van der Waals surface area contributed by atoms with Crippen molar-refractivity contribution < 1.29 is 28.2 Å². The molecule has 0 radical (unpaired) electrons. The van der Waals surface area contributed by atoms with Gasteiger partial charge in [0.25, 0.3) is 0 Å². The molecule has 1 aliphatic rings. The number of ether oxygens (including phenoxy) is 1. The zero-order valence-corrected chi connectivity index (χ0v) is 27.7.